The maximum Gasteiger partial charge on any atom is 0.263 e. The largest absolute Gasteiger partial charge is 0.496 e. The van der Waals surface area contributed by atoms with E-state index in [0.717, 1.165) is 91.7 Å². The monoisotopic (exact) mass is 598 g/mol. The van der Waals surface area contributed by atoms with E-state index in [-0.39, 0.29) is 29.5 Å². The van der Waals surface area contributed by atoms with E-state index < -0.39 is 0 Å². The number of H-pyrrole nitrogens is 1. The molecule has 1 saturated heterocycles. The second-order valence-corrected chi connectivity index (χ2v) is 12.7. The molecule has 1 amide bonds. The van der Waals surface area contributed by atoms with E-state index in [1.807, 2.05) is 25.3 Å². The Morgan fingerprint density at radius 2 is 1.98 bits per heavy atom. The number of aromatic nitrogens is 4. The van der Waals surface area contributed by atoms with Crippen molar-refractivity contribution < 1.29 is 18.7 Å². The van der Waals surface area contributed by atoms with Gasteiger partial charge in [-0.05, 0) is 70.0 Å². The first-order chi connectivity index (χ1) is 21.3. The molecule has 1 aliphatic heterocycles. The molecular formula is C34H42N6O4. The van der Waals surface area contributed by atoms with Crippen LogP contribution in [0.5, 0.6) is 5.75 Å². The number of hydrogen-bond donors (Lipinski definition) is 2. The van der Waals surface area contributed by atoms with Gasteiger partial charge < -0.3 is 24.4 Å². The number of rotatable bonds is 12. The molecular weight excluding hydrogens is 556 g/mol. The Labute approximate surface area is 258 Å². The number of carbonyl (C=O) groups excluding carboxylic acids is 2. The fourth-order valence-electron chi connectivity index (χ4n) is 7.04. The van der Waals surface area contributed by atoms with Gasteiger partial charge in [-0.2, -0.15) is 0 Å². The molecule has 1 aliphatic carbocycles. The number of methoxy groups -OCH3 is 1. The molecule has 232 valence electrons. The highest BCUT2D eigenvalue weighted by molar-refractivity contribution is 5.91. The Hall–Kier alpha value is -4.05. The molecule has 1 spiro atoms. The standard InChI is InChI=1S/C34H42N6O4/c1-22-9-10-24-17-25(30(43-3)18-27(24)37-22)28-19-36-31(38-28)26(7-5-4-6-8-29(41)33-35-15-16-44-33)39-32(42)23-11-13-34(14-12-23)20-40(2)21-34/h9-10,15-19,23,26H,4-8,11-14,20-21H2,1-3H3,(H,36,38)(H,39,42). The van der Waals surface area contributed by atoms with Crippen LogP contribution in [0.4, 0.5) is 0 Å². The number of pyridine rings is 1. The van der Waals surface area contributed by atoms with Gasteiger partial charge in [0.25, 0.3) is 5.89 Å². The number of oxazole rings is 1. The van der Waals surface area contributed by atoms with Crippen LogP contribution in [-0.4, -0.2) is 63.8 Å². The molecule has 44 heavy (non-hydrogen) atoms. The molecule has 1 atom stereocenters. The molecule has 0 radical (unpaired) electrons. The van der Waals surface area contributed by atoms with E-state index in [1.54, 1.807) is 7.11 Å². The highest BCUT2D eigenvalue weighted by Crippen LogP contribution is 2.45. The lowest BCUT2D eigenvalue weighted by molar-refractivity contribution is -0.129. The third-order valence-electron chi connectivity index (χ3n) is 9.38. The molecule has 1 saturated carbocycles. The molecule has 1 unspecified atom stereocenters. The van der Waals surface area contributed by atoms with Gasteiger partial charge in [0, 0.05) is 48.1 Å². The lowest BCUT2D eigenvalue weighted by Gasteiger charge is -2.52. The first kappa shape index (κ1) is 30.0. The SMILES string of the molecule is COc1cc2nc(C)ccc2cc1-c1cnc(C(CCCCCC(=O)c2ncco2)NC(=O)C2CCC3(CC2)CN(C)C3)[nH]1. The number of hydrogen-bond acceptors (Lipinski definition) is 8. The van der Waals surface area contributed by atoms with Crippen LogP contribution in [0.3, 0.4) is 0 Å². The number of ether oxygens (including phenoxy) is 1. The van der Waals surface area contributed by atoms with Crippen molar-refractivity contribution in [3.8, 4) is 17.0 Å². The minimum Gasteiger partial charge on any atom is -0.496 e. The Morgan fingerprint density at radius 1 is 1.16 bits per heavy atom. The van der Waals surface area contributed by atoms with Crippen LogP contribution in [-0.2, 0) is 4.79 Å². The Kier molecular flexibility index (Phi) is 8.79. The number of nitrogens with one attached hydrogen (secondary N) is 2. The molecule has 4 aromatic rings. The zero-order chi connectivity index (χ0) is 30.7. The highest BCUT2D eigenvalue weighted by atomic mass is 16.5. The number of aryl methyl sites for hydroxylation is 1. The van der Waals surface area contributed by atoms with Crippen LogP contribution >= 0.6 is 0 Å². The molecule has 4 heterocycles. The van der Waals surface area contributed by atoms with Gasteiger partial charge in [0.2, 0.25) is 11.7 Å². The number of amides is 1. The first-order valence-electron chi connectivity index (χ1n) is 15.7. The summed E-state index contributed by atoms with van der Waals surface area (Å²) in [4.78, 5) is 45.1. The van der Waals surface area contributed by atoms with Gasteiger partial charge in [-0.1, -0.05) is 18.9 Å². The summed E-state index contributed by atoms with van der Waals surface area (Å²) in [6.45, 7) is 4.26. The van der Waals surface area contributed by atoms with Crippen molar-refractivity contribution in [2.24, 2.45) is 11.3 Å². The summed E-state index contributed by atoms with van der Waals surface area (Å²) in [5.74, 6) is 1.65. The number of fused-ring (bicyclic) bond motifs is 1. The van der Waals surface area contributed by atoms with Crippen molar-refractivity contribution in [2.45, 2.75) is 70.8 Å². The fraction of sp³-hybridized carbons (Fsp3) is 0.500. The predicted octanol–water partition coefficient (Wildman–Crippen LogP) is 6.04. The van der Waals surface area contributed by atoms with Gasteiger partial charge >= 0.3 is 0 Å². The molecule has 10 nitrogen and oxygen atoms in total. The number of Topliss-reactive ketones (excluding diaryl/α,β-unsaturated/α-hetero) is 1. The lowest BCUT2D eigenvalue weighted by Crippen LogP contribution is -2.56. The molecule has 3 aromatic heterocycles. The van der Waals surface area contributed by atoms with Gasteiger partial charge in [0.1, 0.15) is 17.8 Å². The summed E-state index contributed by atoms with van der Waals surface area (Å²) in [5, 5.41) is 4.36. The quantitative estimate of drug-likeness (QED) is 0.149. The number of imidazole rings is 1. The second kappa shape index (κ2) is 12.9. The average molecular weight is 599 g/mol. The lowest BCUT2D eigenvalue weighted by atomic mass is 9.66. The minimum atomic E-state index is -0.264. The van der Waals surface area contributed by atoms with E-state index in [2.05, 4.69) is 44.3 Å². The van der Waals surface area contributed by atoms with Crippen LogP contribution in [0.15, 0.2) is 47.3 Å². The summed E-state index contributed by atoms with van der Waals surface area (Å²) in [6.07, 6.45) is 12.3. The van der Waals surface area contributed by atoms with Crippen molar-refractivity contribution in [1.82, 2.24) is 30.2 Å². The Morgan fingerprint density at radius 3 is 2.70 bits per heavy atom. The number of aromatic amines is 1. The third kappa shape index (κ3) is 6.55. The van der Waals surface area contributed by atoms with E-state index in [4.69, 9.17) is 14.1 Å². The maximum absolute atomic E-state index is 13.6. The summed E-state index contributed by atoms with van der Waals surface area (Å²) < 4.78 is 10.9. The van der Waals surface area contributed by atoms with E-state index in [1.165, 1.54) is 12.5 Å². The van der Waals surface area contributed by atoms with Crippen molar-refractivity contribution in [3.05, 3.63) is 60.3 Å². The van der Waals surface area contributed by atoms with Crippen LogP contribution in [0.1, 0.15) is 86.0 Å². The maximum atomic E-state index is 13.6. The van der Waals surface area contributed by atoms with E-state index in [0.29, 0.717) is 24.0 Å². The molecule has 1 aromatic carbocycles. The van der Waals surface area contributed by atoms with Gasteiger partial charge in [-0.25, -0.2) is 9.97 Å². The zero-order valence-corrected chi connectivity index (χ0v) is 25.9. The molecule has 2 aliphatic rings. The normalized spacial score (nSPS) is 17.4. The highest BCUT2D eigenvalue weighted by Gasteiger charge is 2.44. The molecule has 2 fully saturated rings. The summed E-state index contributed by atoms with van der Waals surface area (Å²) in [7, 11) is 3.82. The third-order valence-corrected chi connectivity index (χ3v) is 9.38. The molecule has 10 heteroatoms. The first-order valence-corrected chi connectivity index (χ1v) is 15.7. The van der Waals surface area contributed by atoms with Gasteiger partial charge in [-0.15, -0.1) is 0 Å². The smallest absolute Gasteiger partial charge is 0.263 e. The molecule has 0 bridgehead atoms. The average Bonchev–Trinajstić information content (AvgIpc) is 3.73. The number of ketones is 1. The number of likely N-dealkylation sites (tertiary alicyclic amines) is 1. The number of benzene rings is 1. The van der Waals surface area contributed by atoms with Crippen LogP contribution in [0.2, 0.25) is 0 Å². The van der Waals surface area contributed by atoms with Gasteiger partial charge in [0.15, 0.2) is 0 Å². The number of nitrogens with zero attached hydrogens (tertiary/aromatic N) is 4. The molecule has 6 rings (SSSR count). The summed E-state index contributed by atoms with van der Waals surface area (Å²) in [5.41, 5.74) is 3.95. The van der Waals surface area contributed by atoms with Crippen LogP contribution in [0, 0.1) is 18.3 Å². The van der Waals surface area contributed by atoms with Crippen molar-refractivity contribution in [3.63, 3.8) is 0 Å². The van der Waals surface area contributed by atoms with E-state index >= 15 is 0 Å². The Bertz CT molecular complexity index is 1600. The summed E-state index contributed by atoms with van der Waals surface area (Å²) in [6, 6.07) is 7.81. The topological polar surface area (TPSA) is 126 Å². The van der Waals surface area contributed by atoms with Gasteiger partial charge in [0.05, 0.1) is 36.8 Å². The predicted molar refractivity (Wildman–Crippen MR) is 167 cm³/mol. The Balaban J connectivity index is 1.15. The fourth-order valence-corrected chi connectivity index (χ4v) is 7.04. The van der Waals surface area contributed by atoms with Crippen LogP contribution in [0.25, 0.3) is 22.2 Å². The van der Waals surface area contributed by atoms with Crippen molar-refractivity contribution >= 4 is 22.6 Å². The zero-order valence-electron chi connectivity index (χ0n) is 25.9. The molecule has 2 N–H and O–H groups in total. The second-order valence-electron chi connectivity index (χ2n) is 12.7. The number of unbranched alkanes of at least 4 members (excludes halogenated alkanes) is 2. The summed E-state index contributed by atoms with van der Waals surface area (Å²) >= 11 is 0. The number of carbonyl (C=O) groups is 2. The van der Waals surface area contributed by atoms with Gasteiger partial charge in [-0.3, -0.25) is 14.6 Å². The van der Waals surface area contributed by atoms with Crippen molar-refractivity contribution in [1.29, 1.82) is 0 Å². The van der Waals surface area contributed by atoms with Crippen LogP contribution < -0.4 is 10.1 Å². The van der Waals surface area contributed by atoms with E-state index in [9.17, 15) is 9.59 Å². The minimum absolute atomic E-state index is 0.0263. The van der Waals surface area contributed by atoms with Crippen molar-refractivity contribution in [2.75, 3.05) is 27.2 Å².